The van der Waals surface area contributed by atoms with Crippen molar-refractivity contribution in [2.75, 3.05) is 4.90 Å². The fraction of sp³-hybridized carbons (Fsp3) is 0.400. The van der Waals surface area contributed by atoms with Crippen molar-refractivity contribution in [1.82, 2.24) is 4.90 Å². The van der Waals surface area contributed by atoms with Gasteiger partial charge in [-0.3, -0.25) is 24.1 Å². The lowest BCUT2D eigenvalue weighted by Crippen LogP contribution is -2.60. The number of phenolic OH excluding ortho intramolecular Hbond substituents is 1. The number of alkyl halides is 2. The number of carbonyl (C=O) groups excluding carboxylic acids is 4. The van der Waals surface area contributed by atoms with Gasteiger partial charge < -0.3 is 5.11 Å². The second-order valence-electron chi connectivity index (χ2n) is 12.1. The summed E-state index contributed by atoms with van der Waals surface area (Å²) in [5.41, 5.74) is -0.434. The lowest BCUT2D eigenvalue weighted by molar-refractivity contribution is -0.145. The number of halogens is 4. The van der Waals surface area contributed by atoms with Gasteiger partial charge in [-0.1, -0.05) is 23.8 Å². The van der Waals surface area contributed by atoms with Crippen molar-refractivity contribution in [3.05, 3.63) is 71.3 Å². The third-order valence-corrected chi connectivity index (χ3v) is 10.3. The molecule has 0 aromatic heterocycles. The number of likely N-dealkylation sites (tertiary alicyclic amines) is 1. The van der Waals surface area contributed by atoms with Crippen molar-refractivity contribution in [2.45, 2.75) is 54.8 Å². The van der Waals surface area contributed by atoms with Crippen LogP contribution in [0, 0.1) is 29.4 Å². The Bertz CT molecular complexity index is 1570. The van der Waals surface area contributed by atoms with Crippen LogP contribution in [0.3, 0.4) is 0 Å². The number of imide groups is 2. The van der Waals surface area contributed by atoms with Gasteiger partial charge in [-0.2, -0.15) is 0 Å². The SMILES string of the molecule is CC(C)(C)N1C(=O)[C@H]2[C@H](CC=C3[C@H]2C[C@@]2(Cl)C(=O)N(c4ccc(F)cc4)C(=O)[C@@]2(Cl)[C@H]3c2cccc(F)c2O)C1=O. The molecule has 2 aromatic carbocycles. The number of amides is 4. The minimum absolute atomic E-state index is 0.0268. The second kappa shape index (κ2) is 8.85. The summed E-state index contributed by atoms with van der Waals surface area (Å²) in [6, 6.07) is 8.38. The molecule has 7 nitrogen and oxygen atoms in total. The zero-order valence-electron chi connectivity index (χ0n) is 22.3. The minimum atomic E-state index is -2.25. The molecule has 4 aliphatic rings. The molecule has 2 aliphatic heterocycles. The van der Waals surface area contributed by atoms with Crippen molar-refractivity contribution in [3.63, 3.8) is 0 Å². The number of fused-ring (bicyclic) bond motifs is 4. The van der Waals surface area contributed by atoms with Crippen LogP contribution in [0.4, 0.5) is 14.5 Å². The van der Waals surface area contributed by atoms with Crippen LogP contribution < -0.4 is 4.90 Å². The summed E-state index contributed by atoms with van der Waals surface area (Å²) in [7, 11) is 0. The van der Waals surface area contributed by atoms with Crippen LogP contribution in [0.2, 0.25) is 0 Å². The number of carbonyl (C=O) groups is 4. The van der Waals surface area contributed by atoms with Gasteiger partial charge in [0.1, 0.15) is 5.82 Å². The molecule has 2 heterocycles. The number of aromatic hydroxyl groups is 1. The molecule has 6 rings (SSSR count). The molecule has 2 saturated heterocycles. The van der Waals surface area contributed by atoms with Crippen molar-refractivity contribution < 1.29 is 33.1 Å². The predicted octanol–water partition coefficient (Wildman–Crippen LogP) is 5.03. The van der Waals surface area contributed by atoms with E-state index >= 15 is 0 Å². The minimum Gasteiger partial charge on any atom is -0.505 e. The molecule has 3 fully saturated rings. The molecule has 11 heteroatoms. The maximum Gasteiger partial charge on any atom is 0.258 e. The van der Waals surface area contributed by atoms with Crippen LogP contribution in [0.1, 0.15) is 45.1 Å². The largest absolute Gasteiger partial charge is 0.505 e. The van der Waals surface area contributed by atoms with Crippen LogP contribution in [0.5, 0.6) is 5.75 Å². The van der Waals surface area contributed by atoms with E-state index < -0.39 is 74.1 Å². The molecule has 1 saturated carbocycles. The van der Waals surface area contributed by atoms with E-state index in [0.717, 1.165) is 23.1 Å². The van der Waals surface area contributed by atoms with E-state index in [-0.39, 0.29) is 30.0 Å². The normalized spacial score (nSPS) is 33.1. The molecule has 214 valence electrons. The number of nitrogens with zero attached hydrogens (tertiary/aromatic N) is 2. The van der Waals surface area contributed by atoms with Crippen molar-refractivity contribution in [1.29, 1.82) is 0 Å². The van der Waals surface area contributed by atoms with E-state index in [2.05, 4.69) is 0 Å². The molecule has 0 spiro atoms. The smallest absolute Gasteiger partial charge is 0.258 e. The first-order valence-corrected chi connectivity index (χ1v) is 14.0. The van der Waals surface area contributed by atoms with Crippen molar-refractivity contribution >= 4 is 52.5 Å². The van der Waals surface area contributed by atoms with E-state index in [9.17, 15) is 33.1 Å². The Hall–Kier alpha value is -3.30. The number of phenols is 1. The summed E-state index contributed by atoms with van der Waals surface area (Å²) in [5.74, 6) is -8.71. The Morgan fingerprint density at radius 2 is 1.59 bits per heavy atom. The van der Waals surface area contributed by atoms with Gasteiger partial charge in [-0.25, -0.2) is 13.7 Å². The predicted molar refractivity (Wildman–Crippen MR) is 146 cm³/mol. The number of hydrogen-bond acceptors (Lipinski definition) is 5. The van der Waals surface area contributed by atoms with Gasteiger partial charge in [-0.05, 0) is 69.9 Å². The summed E-state index contributed by atoms with van der Waals surface area (Å²) < 4.78 is 28.5. The first-order valence-electron chi connectivity index (χ1n) is 13.2. The van der Waals surface area contributed by atoms with Gasteiger partial charge in [0, 0.05) is 17.0 Å². The van der Waals surface area contributed by atoms with Crippen LogP contribution >= 0.6 is 23.2 Å². The summed E-state index contributed by atoms with van der Waals surface area (Å²) >= 11 is 14.4. The molecular weight excluding hydrogens is 577 g/mol. The molecule has 0 unspecified atom stereocenters. The topological polar surface area (TPSA) is 95.0 Å². The van der Waals surface area contributed by atoms with E-state index in [4.69, 9.17) is 23.2 Å². The Morgan fingerprint density at radius 3 is 2.22 bits per heavy atom. The molecule has 1 N–H and O–H groups in total. The summed E-state index contributed by atoms with van der Waals surface area (Å²) in [6.45, 7) is 5.24. The number of anilines is 1. The Labute approximate surface area is 244 Å². The first kappa shape index (κ1) is 27.8. The van der Waals surface area contributed by atoms with E-state index in [1.54, 1.807) is 26.8 Å². The highest BCUT2D eigenvalue weighted by Crippen LogP contribution is 2.66. The Morgan fingerprint density at radius 1 is 0.927 bits per heavy atom. The van der Waals surface area contributed by atoms with E-state index in [1.807, 2.05) is 0 Å². The highest BCUT2D eigenvalue weighted by Gasteiger charge is 2.77. The molecular formula is C30H26Cl2F2N2O5. The van der Waals surface area contributed by atoms with Gasteiger partial charge in [0.05, 0.1) is 17.5 Å². The summed E-state index contributed by atoms with van der Waals surface area (Å²) in [4.78, 5) is 53.2. The third kappa shape index (κ3) is 3.54. The third-order valence-electron chi connectivity index (χ3n) is 8.90. The lowest BCUT2D eigenvalue weighted by Gasteiger charge is -2.50. The second-order valence-corrected chi connectivity index (χ2v) is 13.4. The van der Waals surface area contributed by atoms with Crippen LogP contribution in [0.25, 0.3) is 0 Å². The summed E-state index contributed by atoms with van der Waals surface area (Å²) in [6.07, 6.45) is 1.58. The van der Waals surface area contributed by atoms with Gasteiger partial charge in [0.15, 0.2) is 21.3 Å². The van der Waals surface area contributed by atoms with Crippen LogP contribution in [-0.2, 0) is 19.2 Å². The maximum atomic E-state index is 14.7. The van der Waals surface area contributed by atoms with Gasteiger partial charge >= 0.3 is 0 Å². The molecule has 4 amide bonds. The number of para-hydroxylation sites is 1. The molecule has 41 heavy (non-hydrogen) atoms. The molecule has 6 atom stereocenters. The zero-order valence-corrected chi connectivity index (χ0v) is 23.8. The average molecular weight is 603 g/mol. The van der Waals surface area contributed by atoms with E-state index in [1.165, 1.54) is 29.2 Å². The highest BCUT2D eigenvalue weighted by atomic mass is 35.5. The Kier molecular flexibility index (Phi) is 6.01. The number of allylic oxidation sites excluding steroid dienone is 2. The van der Waals surface area contributed by atoms with Gasteiger partial charge in [0.2, 0.25) is 11.8 Å². The number of benzene rings is 2. The zero-order chi connectivity index (χ0) is 29.8. The quantitative estimate of drug-likeness (QED) is 0.295. The van der Waals surface area contributed by atoms with E-state index in [0.29, 0.717) is 5.57 Å². The van der Waals surface area contributed by atoms with Crippen LogP contribution in [-0.4, -0.2) is 48.9 Å². The Balaban J connectivity index is 1.58. The number of rotatable bonds is 2. The van der Waals surface area contributed by atoms with Crippen LogP contribution in [0.15, 0.2) is 54.1 Å². The lowest BCUT2D eigenvalue weighted by atomic mass is 9.56. The van der Waals surface area contributed by atoms with Gasteiger partial charge in [-0.15, -0.1) is 23.2 Å². The molecule has 0 bridgehead atoms. The number of hydrogen-bond donors (Lipinski definition) is 1. The molecule has 0 radical (unpaired) electrons. The summed E-state index contributed by atoms with van der Waals surface area (Å²) in [5, 5.41) is 10.9. The molecule has 2 aromatic rings. The van der Waals surface area contributed by atoms with Crippen molar-refractivity contribution in [2.24, 2.45) is 17.8 Å². The maximum absolute atomic E-state index is 14.7. The first-order chi connectivity index (χ1) is 19.1. The van der Waals surface area contributed by atoms with Crippen molar-refractivity contribution in [3.8, 4) is 5.75 Å². The fourth-order valence-corrected chi connectivity index (χ4v) is 8.10. The molecule has 2 aliphatic carbocycles. The fourth-order valence-electron chi connectivity index (χ4n) is 7.17. The average Bonchev–Trinajstić information content (AvgIpc) is 3.25. The standard InChI is InChI=1S/C30H26Cl2F2N2O5/c1-28(2,3)36-24(38)17-12-11-16-19(21(17)25(36)39)13-29(31)26(40)35(15-9-7-14(33)8-10-15)27(41)30(29,32)22(16)18-5-4-6-20(34)23(18)37/h4-11,17,19,21-22,37H,12-13H2,1-3H3/t17-,19+,21-,22+,29+,30-/m0/s1. The monoisotopic (exact) mass is 602 g/mol. The van der Waals surface area contributed by atoms with Gasteiger partial charge in [0.25, 0.3) is 11.8 Å². The highest BCUT2D eigenvalue weighted by molar-refractivity contribution is 6.58.